The fourth-order valence-corrected chi connectivity index (χ4v) is 4.07. The normalized spacial score (nSPS) is 20.2. The van der Waals surface area contributed by atoms with Gasteiger partial charge in [-0.15, -0.1) is 0 Å². The van der Waals surface area contributed by atoms with E-state index in [1.165, 1.54) is 24.3 Å². The molecule has 4 nitrogen and oxygen atoms in total. The van der Waals surface area contributed by atoms with Crippen molar-refractivity contribution in [3.63, 3.8) is 0 Å². The largest absolute Gasteiger partial charge is 0.460 e. The van der Waals surface area contributed by atoms with E-state index in [1.807, 2.05) is 0 Å². The molecular formula is C25H26F13NO3. The highest BCUT2D eigenvalue weighted by Crippen LogP contribution is 2.61. The van der Waals surface area contributed by atoms with E-state index in [-0.39, 0.29) is 24.7 Å². The molecule has 3 atom stereocenters. The summed E-state index contributed by atoms with van der Waals surface area (Å²) in [6.45, 7) is 5.14. The first-order valence-corrected chi connectivity index (χ1v) is 12.4. The fourth-order valence-electron chi connectivity index (χ4n) is 4.07. The predicted octanol–water partition coefficient (Wildman–Crippen LogP) is 8.15. The molecule has 1 aliphatic rings. The van der Waals surface area contributed by atoms with Crippen LogP contribution in [-0.4, -0.2) is 64.8 Å². The van der Waals surface area contributed by atoms with Crippen molar-refractivity contribution in [2.45, 2.75) is 94.4 Å². The molecule has 0 unspecified atom stereocenters. The van der Waals surface area contributed by atoms with Crippen molar-refractivity contribution in [1.82, 2.24) is 4.90 Å². The van der Waals surface area contributed by atoms with Crippen LogP contribution in [0.25, 0.3) is 0 Å². The summed E-state index contributed by atoms with van der Waals surface area (Å²) in [5.41, 5.74) is 0.373. The average molecular weight is 635 g/mol. The average Bonchev–Trinajstić information content (AvgIpc) is 3.16. The van der Waals surface area contributed by atoms with Crippen LogP contribution < -0.4 is 0 Å². The zero-order chi connectivity index (χ0) is 32.7. The van der Waals surface area contributed by atoms with Crippen molar-refractivity contribution in [3.8, 4) is 0 Å². The number of amides is 2. The maximum atomic E-state index is 14.4. The number of nitrogens with zero attached hydrogens (tertiary/aromatic N) is 1. The minimum Gasteiger partial charge on any atom is -0.444 e. The number of imide groups is 1. The minimum absolute atomic E-state index is 0.0682. The molecule has 1 heterocycles. The van der Waals surface area contributed by atoms with Crippen molar-refractivity contribution >= 4 is 12.0 Å². The third-order valence-corrected chi connectivity index (χ3v) is 7.14. The zero-order valence-corrected chi connectivity index (χ0v) is 22.1. The smallest absolute Gasteiger partial charge is 0.444 e. The number of cyclic esters (lactones) is 1. The Kier molecular flexibility index (Phi) is 9.90. The molecule has 1 saturated heterocycles. The number of rotatable bonds is 12. The van der Waals surface area contributed by atoms with Crippen LogP contribution in [0.3, 0.4) is 0 Å². The highest BCUT2D eigenvalue weighted by molar-refractivity contribution is 5.94. The lowest BCUT2D eigenvalue weighted by atomic mass is 9.89. The Hall–Kier alpha value is -2.75. The van der Waals surface area contributed by atoms with Crippen LogP contribution in [-0.2, 0) is 16.0 Å². The van der Waals surface area contributed by atoms with Gasteiger partial charge in [-0.1, -0.05) is 51.1 Å². The number of halogens is 13. The fraction of sp³-hybridized carbons (Fsp3) is 0.680. The van der Waals surface area contributed by atoms with Gasteiger partial charge in [-0.2, -0.15) is 57.1 Å². The molecule has 0 N–H and O–H groups in total. The standard InChI is InChI=1S/C25H26F13NO3/c1-13(2)14(3)11-18(40)39-16(12-15-7-5-4-6-8-15)17(42-19(39)41)9-10-20(26,27)21(28,29)22(30,31)23(32,33)24(34,35)25(36,37)38/h4-8,13-14,16-17H,9-12H2,1-3H3/t14-,16+,17-/m1/s1. The number of carbonyl (C=O) groups excluding carboxylic acids is 2. The topological polar surface area (TPSA) is 46.6 Å². The van der Waals surface area contributed by atoms with Crippen LogP contribution in [0.4, 0.5) is 61.9 Å². The summed E-state index contributed by atoms with van der Waals surface area (Å²) < 4.78 is 180. The molecule has 1 fully saturated rings. The maximum Gasteiger partial charge on any atom is 0.460 e. The highest BCUT2D eigenvalue weighted by Gasteiger charge is 2.90. The van der Waals surface area contributed by atoms with Gasteiger partial charge in [-0.25, -0.2) is 9.69 Å². The molecule has 2 amide bonds. The van der Waals surface area contributed by atoms with Gasteiger partial charge in [0.15, 0.2) is 0 Å². The molecule has 240 valence electrons. The Labute approximate surface area is 231 Å². The van der Waals surface area contributed by atoms with Crippen LogP contribution in [0.2, 0.25) is 0 Å². The first kappa shape index (κ1) is 35.4. The lowest BCUT2D eigenvalue weighted by molar-refractivity contribution is -0.440. The van der Waals surface area contributed by atoms with Gasteiger partial charge in [0.05, 0.1) is 6.04 Å². The van der Waals surface area contributed by atoms with Crippen molar-refractivity contribution in [2.24, 2.45) is 11.8 Å². The molecule has 0 spiro atoms. The first-order valence-electron chi connectivity index (χ1n) is 12.4. The van der Waals surface area contributed by atoms with Crippen molar-refractivity contribution < 1.29 is 71.4 Å². The monoisotopic (exact) mass is 635 g/mol. The van der Waals surface area contributed by atoms with Crippen LogP contribution >= 0.6 is 0 Å². The van der Waals surface area contributed by atoms with Crippen molar-refractivity contribution in [1.29, 1.82) is 0 Å². The molecule has 0 radical (unpaired) electrons. The van der Waals surface area contributed by atoms with Crippen molar-refractivity contribution in [3.05, 3.63) is 35.9 Å². The van der Waals surface area contributed by atoms with E-state index >= 15 is 0 Å². The molecule has 0 bridgehead atoms. The van der Waals surface area contributed by atoms with Crippen LogP contribution in [0, 0.1) is 11.8 Å². The van der Waals surface area contributed by atoms with E-state index in [1.54, 1.807) is 26.8 Å². The van der Waals surface area contributed by atoms with Crippen LogP contribution in [0.1, 0.15) is 45.6 Å². The summed E-state index contributed by atoms with van der Waals surface area (Å²) in [6, 6.07) is 6.01. The summed E-state index contributed by atoms with van der Waals surface area (Å²) in [6.07, 6.45) is -15.4. The van der Waals surface area contributed by atoms with Gasteiger partial charge in [-0.05, 0) is 30.2 Å². The summed E-state index contributed by atoms with van der Waals surface area (Å²) in [5.74, 6) is -38.7. The Balaban J connectivity index is 2.39. The quantitative estimate of drug-likeness (QED) is 0.218. The van der Waals surface area contributed by atoms with Crippen LogP contribution in [0.15, 0.2) is 30.3 Å². The minimum atomic E-state index is -8.00. The number of carbonyl (C=O) groups is 2. The highest BCUT2D eigenvalue weighted by atomic mass is 19.4. The molecule has 17 heteroatoms. The molecule has 2 rings (SSSR count). The lowest BCUT2D eigenvalue weighted by Crippen LogP contribution is -2.70. The third kappa shape index (κ3) is 6.29. The summed E-state index contributed by atoms with van der Waals surface area (Å²) in [7, 11) is 0. The number of ether oxygens (including phenoxy) is 1. The van der Waals surface area contributed by atoms with Gasteiger partial charge in [0.1, 0.15) is 6.10 Å². The van der Waals surface area contributed by atoms with E-state index in [0.29, 0.717) is 10.5 Å². The molecule has 42 heavy (non-hydrogen) atoms. The molecule has 1 aromatic rings. The summed E-state index contributed by atoms with van der Waals surface area (Å²) in [4.78, 5) is 26.0. The van der Waals surface area contributed by atoms with Gasteiger partial charge < -0.3 is 4.74 Å². The second kappa shape index (κ2) is 11.7. The molecule has 0 aliphatic carbocycles. The number of hydrogen-bond donors (Lipinski definition) is 0. The van der Waals surface area contributed by atoms with Gasteiger partial charge in [0, 0.05) is 12.8 Å². The van der Waals surface area contributed by atoms with Crippen molar-refractivity contribution in [2.75, 3.05) is 0 Å². The predicted molar refractivity (Wildman–Crippen MR) is 120 cm³/mol. The second-order valence-electron chi connectivity index (χ2n) is 10.4. The first-order chi connectivity index (χ1) is 18.8. The Morgan fingerprint density at radius 3 is 1.79 bits per heavy atom. The molecule has 1 aliphatic heterocycles. The Morgan fingerprint density at radius 2 is 1.31 bits per heavy atom. The SMILES string of the molecule is CC(C)[C@H](C)CC(=O)N1C(=O)O[C@H](CCC(F)(F)C(F)(F)C(F)(F)C(F)(F)C(F)(F)C(F)(F)F)[C@@H]1Cc1ccccc1. The van der Waals surface area contributed by atoms with Gasteiger partial charge in [0.2, 0.25) is 5.91 Å². The van der Waals surface area contributed by atoms with E-state index < -0.39 is 72.8 Å². The van der Waals surface area contributed by atoms with E-state index in [0.717, 1.165) is 0 Å². The van der Waals surface area contributed by atoms with Crippen LogP contribution in [0.5, 0.6) is 0 Å². The molecule has 1 aromatic carbocycles. The van der Waals surface area contributed by atoms with E-state index in [4.69, 9.17) is 4.74 Å². The molecule has 0 aromatic heterocycles. The lowest BCUT2D eigenvalue weighted by Gasteiger charge is -2.40. The van der Waals surface area contributed by atoms with Gasteiger partial charge in [-0.3, -0.25) is 4.79 Å². The van der Waals surface area contributed by atoms with E-state index in [9.17, 15) is 66.7 Å². The summed E-state index contributed by atoms with van der Waals surface area (Å²) >= 11 is 0. The molecule has 0 saturated carbocycles. The zero-order valence-electron chi connectivity index (χ0n) is 22.1. The number of hydrogen-bond acceptors (Lipinski definition) is 3. The van der Waals surface area contributed by atoms with Gasteiger partial charge >= 0.3 is 41.9 Å². The second-order valence-corrected chi connectivity index (χ2v) is 10.4. The third-order valence-electron chi connectivity index (χ3n) is 7.14. The number of benzene rings is 1. The van der Waals surface area contributed by atoms with Gasteiger partial charge in [0.25, 0.3) is 0 Å². The Morgan fingerprint density at radius 1 is 0.810 bits per heavy atom. The summed E-state index contributed by atoms with van der Waals surface area (Å²) in [5, 5.41) is 0. The van der Waals surface area contributed by atoms with E-state index in [2.05, 4.69) is 0 Å². The number of alkyl halides is 13. The Bertz CT molecular complexity index is 1110. The molecular weight excluding hydrogens is 609 g/mol. The maximum absolute atomic E-state index is 14.4.